The van der Waals surface area contributed by atoms with E-state index in [9.17, 15) is 9.59 Å². The first kappa shape index (κ1) is 13.2. The average Bonchev–Trinajstić information content (AvgIpc) is 2.82. The van der Waals surface area contributed by atoms with Crippen molar-refractivity contribution in [3.63, 3.8) is 0 Å². The van der Waals surface area contributed by atoms with Gasteiger partial charge in [-0.05, 0) is 13.0 Å². The number of hydrogen-bond acceptors (Lipinski definition) is 4. The monoisotopic (exact) mass is 240 g/mol. The standard InChI is InChI=1S/C11H16N2O4/c1-8(6-14)13-10(15)2-4-12-11(16)9-3-5-17-7-9/h3,5,7-8,14H,2,4,6H2,1H3,(H,12,16)(H,13,15). The summed E-state index contributed by atoms with van der Waals surface area (Å²) in [4.78, 5) is 22.7. The second-order valence-electron chi connectivity index (χ2n) is 3.67. The largest absolute Gasteiger partial charge is 0.472 e. The van der Waals surface area contributed by atoms with E-state index >= 15 is 0 Å². The zero-order valence-corrected chi connectivity index (χ0v) is 9.60. The maximum absolute atomic E-state index is 11.4. The Kier molecular flexibility index (Phi) is 5.22. The molecule has 0 saturated heterocycles. The van der Waals surface area contributed by atoms with Gasteiger partial charge in [0.15, 0.2) is 0 Å². The number of carbonyl (C=O) groups is 2. The molecule has 0 aliphatic rings. The van der Waals surface area contributed by atoms with E-state index in [1.165, 1.54) is 12.5 Å². The third-order valence-corrected chi connectivity index (χ3v) is 2.10. The van der Waals surface area contributed by atoms with Crippen molar-refractivity contribution in [2.24, 2.45) is 0 Å². The summed E-state index contributed by atoms with van der Waals surface area (Å²) in [5.41, 5.74) is 0.425. The molecule has 0 bridgehead atoms. The first-order valence-electron chi connectivity index (χ1n) is 5.34. The second-order valence-corrected chi connectivity index (χ2v) is 3.67. The summed E-state index contributed by atoms with van der Waals surface area (Å²) in [6, 6.07) is 1.27. The topological polar surface area (TPSA) is 91.6 Å². The smallest absolute Gasteiger partial charge is 0.254 e. The Bertz CT molecular complexity index is 362. The number of amides is 2. The molecule has 3 N–H and O–H groups in total. The van der Waals surface area contributed by atoms with Crippen molar-refractivity contribution in [3.05, 3.63) is 24.2 Å². The van der Waals surface area contributed by atoms with Gasteiger partial charge in [-0.15, -0.1) is 0 Å². The quantitative estimate of drug-likeness (QED) is 0.647. The molecule has 0 radical (unpaired) electrons. The third-order valence-electron chi connectivity index (χ3n) is 2.10. The molecule has 17 heavy (non-hydrogen) atoms. The molecule has 1 atom stereocenters. The van der Waals surface area contributed by atoms with Crippen LogP contribution in [0, 0.1) is 0 Å². The van der Waals surface area contributed by atoms with Crippen LogP contribution >= 0.6 is 0 Å². The van der Waals surface area contributed by atoms with Crippen LogP contribution in [0.1, 0.15) is 23.7 Å². The molecular weight excluding hydrogens is 224 g/mol. The van der Waals surface area contributed by atoms with Gasteiger partial charge in [-0.25, -0.2) is 0 Å². The number of hydrogen-bond donors (Lipinski definition) is 3. The van der Waals surface area contributed by atoms with E-state index in [2.05, 4.69) is 10.6 Å². The summed E-state index contributed by atoms with van der Waals surface area (Å²) in [5, 5.41) is 13.9. The molecule has 6 nitrogen and oxygen atoms in total. The highest BCUT2D eigenvalue weighted by Gasteiger charge is 2.08. The highest BCUT2D eigenvalue weighted by atomic mass is 16.3. The highest BCUT2D eigenvalue weighted by Crippen LogP contribution is 1.98. The number of nitrogens with one attached hydrogen (secondary N) is 2. The van der Waals surface area contributed by atoms with Crippen LogP contribution in [0.3, 0.4) is 0 Å². The van der Waals surface area contributed by atoms with Crippen molar-refractivity contribution < 1.29 is 19.1 Å². The van der Waals surface area contributed by atoms with Crippen molar-refractivity contribution in [1.29, 1.82) is 0 Å². The Hall–Kier alpha value is -1.82. The van der Waals surface area contributed by atoms with Gasteiger partial charge in [0.05, 0.1) is 18.4 Å². The number of rotatable bonds is 6. The molecule has 2 amide bonds. The van der Waals surface area contributed by atoms with E-state index in [-0.39, 0.29) is 37.4 Å². The van der Waals surface area contributed by atoms with Gasteiger partial charge >= 0.3 is 0 Å². The molecule has 0 fully saturated rings. The minimum absolute atomic E-state index is 0.104. The lowest BCUT2D eigenvalue weighted by molar-refractivity contribution is -0.121. The predicted octanol–water partition coefficient (Wildman–Crippen LogP) is -0.104. The molecule has 1 heterocycles. The Balaban J connectivity index is 2.20. The minimum Gasteiger partial charge on any atom is -0.472 e. The van der Waals surface area contributed by atoms with E-state index in [1.54, 1.807) is 13.0 Å². The van der Waals surface area contributed by atoms with Crippen molar-refractivity contribution >= 4 is 11.8 Å². The van der Waals surface area contributed by atoms with Crippen LogP contribution < -0.4 is 10.6 Å². The normalized spacial score (nSPS) is 11.9. The van der Waals surface area contributed by atoms with Crippen LogP contribution in [0.25, 0.3) is 0 Å². The van der Waals surface area contributed by atoms with E-state index in [0.29, 0.717) is 5.56 Å². The van der Waals surface area contributed by atoms with Gasteiger partial charge in [-0.2, -0.15) is 0 Å². The van der Waals surface area contributed by atoms with Gasteiger partial charge in [-0.3, -0.25) is 9.59 Å². The summed E-state index contributed by atoms with van der Waals surface area (Å²) in [5.74, 6) is -0.485. The number of aliphatic hydroxyl groups excluding tert-OH is 1. The van der Waals surface area contributed by atoms with Crippen LogP contribution in [0.15, 0.2) is 23.0 Å². The van der Waals surface area contributed by atoms with Gasteiger partial charge in [0.25, 0.3) is 5.91 Å². The van der Waals surface area contributed by atoms with Crippen LogP contribution in [0.4, 0.5) is 0 Å². The van der Waals surface area contributed by atoms with Crippen LogP contribution in [0.2, 0.25) is 0 Å². The number of furan rings is 1. The zero-order valence-electron chi connectivity index (χ0n) is 9.60. The highest BCUT2D eigenvalue weighted by molar-refractivity contribution is 5.94. The van der Waals surface area contributed by atoms with Crippen molar-refractivity contribution in [3.8, 4) is 0 Å². The molecule has 0 aliphatic carbocycles. The number of carbonyl (C=O) groups excluding carboxylic acids is 2. The van der Waals surface area contributed by atoms with Crippen molar-refractivity contribution in [1.82, 2.24) is 10.6 Å². The first-order valence-corrected chi connectivity index (χ1v) is 5.34. The predicted molar refractivity (Wildman–Crippen MR) is 60.3 cm³/mol. The number of aliphatic hydroxyl groups is 1. The minimum atomic E-state index is -0.276. The van der Waals surface area contributed by atoms with Gasteiger partial charge in [-0.1, -0.05) is 0 Å². The summed E-state index contributed by atoms with van der Waals surface area (Å²) >= 11 is 0. The lowest BCUT2D eigenvalue weighted by Gasteiger charge is -2.10. The Morgan fingerprint density at radius 3 is 2.88 bits per heavy atom. The maximum Gasteiger partial charge on any atom is 0.254 e. The van der Waals surface area contributed by atoms with E-state index in [1.807, 2.05) is 0 Å². The molecule has 0 aromatic carbocycles. The summed E-state index contributed by atoms with van der Waals surface area (Å²) in [7, 11) is 0. The SMILES string of the molecule is CC(CO)NC(=O)CCNC(=O)c1ccoc1. The molecule has 6 heteroatoms. The average molecular weight is 240 g/mol. The Labute approximate surface area is 99.0 Å². The lowest BCUT2D eigenvalue weighted by Crippen LogP contribution is -2.37. The fourth-order valence-electron chi connectivity index (χ4n) is 1.18. The van der Waals surface area contributed by atoms with Gasteiger partial charge in [0.1, 0.15) is 6.26 Å². The molecule has 0 spiro atoms. The van der Waals surface area contributed by atoms with Crippen LogP contribution in [-0.4, -0.2) is 36.1 Å². The molecule has 1 aromatic heterocycles. The Morgan fingerprint density at radius 1 is 1.53 bits per heavy atom. The van der Waals surface area contributed by atoms with Crippen molar-refractivity contribution in [2.75, 3.05) is 13.2 Å². The van der Waals surface area contributed by atoms with E-state index < -0.39 is 0 Å². The second kappa shape index (κ2) is 6.70. The van der Waals surface area contributed by atoms with Gasteiger partial charge in [0, 0.05) is 19.0 Å². The summed E-state index contributed by atoms with van der Waals surface area (Å²) in [6.45, 7) is 1.84. The zero-order chi connectivity index (χ0) is 12.7. The molecular formula is C11H16N2O4. The summed E-state index contributed by atoms with van der Waals surface area (Å²) < 4.78 is 4.76. The van der Waals surface area contributed by atoms with E-state index in [0.717, 1.165) is 0 Å². The van der Waals surface area contributed by atoms with Crippen molar-refractivity contribution in [2.45, 2.75) is 19.4 Å². The fourth-order valence-corrected chi connectivity index (χ4v) is 1.18. The molecule has 0 aliphatic heterocycles. The lowest BCUT2D eigenvalue weighted by atomic mass is 10.3. The maximum atomic E-state index is 11.4. The molecule has 94 valence electrons. The van der Waals surface area contributed by atoms with Crippen LogP contribution in [-0.2, 0) is 4.79 Å². The van der Waals surface area contributed by atoms with Crippen LogP contribution in [0.5, 0.6) is 0 Å². The molecule has 1 aromatic rings. The van der Waals surface area contributed by atoms with E-state index in [4.69, 9.17) is 9.52 Å². The Morgan fingerprint density at radius 2 is 2.29 bits per heavy atom. The first-order chi connectivity index (χ1) is 8.13. The summed E-state index contributed by atoms with van der Waals surface area (Å²) in [6.07, 6.45) is 2.92. The molecule has 1 unspecified atom stereocenters. The molecule has 1 rings (SSSR count). The van der Waals surface area contributed by atoms with Gasteiger partial charge in [0.2, 0.25) is 5.91 Å². The fraction of sp³-hybridized carbons (Fsp3) is 0.455. The third kappa shape index (κ3) is 4.69. The molecule has 0 saturated carbocycles. The van der Waals surface area contributed by atoms with Gasteiger partial charge < -0.3 is 20.2 Å².